The lowest BCUT2D eigenvalue weighted by atomic mass is 10.0. The fraction of sp³-hybridized carbons (Fsp3) is 0.480. The molecule has 0 fully saturated rings. The van der Waals surface area contributed by atoms with E-state index in [0.29, 0.717) is 23.3 Å². The minimum atomic E-state index is -0.774. The van der Waals surface area contributed by atoms with Crippen molar-refractivity contribution in [3.05, 3.63) is 57.6 Å². The van der Waals surface area contributed by atoms with Gasteiger partial charge in [0.05, 0.1) is 14.2 Å². The summed E-state index contributed by atoms with van der Waals surface area (Å²) >= 11 is 12.2. The van der Waals surface area contributed by atoms with Crippen LogP contribution in [0.15, 0.2) is 24.3 Å². The molecule has 0 saturated heterocycles. The van der Waals surface area contributed by atoms with Crippen LogP contribution in [0.5, 0.6) is 11.5 Å². The van der Waals surface area contributed by atoms with E-state index in [4.69, 9.17) is 42.1 Å². The normalized spacial score (nSPS) is 10.7. The Hall–Kier alpha value is -2.11. The molecule has 0 aliphatic rings. The molecule has 7 heteroatoms. The van der Waals surface area contributed by atoms with Gasteiger partial charge in [-0.05, 0) is 59.4 Å². The number of methoxy groups -OCH3 is 2. The molecular weight excluding hydrogens is 451 g/mol. The average molecular weight is 483 g/mol. The number of rotatable bonds is 12. The van der Waals surface area contributed by atoms with Crippen molar-refractivity contribution in [3.8, 4) is 11.5 Å². The number of carbonyl (C=O) groups is 1. The Morgan fingerprint density at radius 1 is 0.688 bits per heavy atom. The predicted molar refractivity (Wildman–Crippen MR) is 128 cm³/mol. The molecular formula is C25H32Cl2O5. The smallest absolute Gasteiger partial charge is 0.496 e. The summed E-state index contributed by atoms with van der Waals surface area (Å²) in [6.07, 6.45) is 3.05. The van der Waals surface area contributed by atoms with E-state index in [-0.39, 0.29) is 13.2 Å². The number of benzene rings is 2. The topological polar surface area (TPSA) is 54.0 Å². The number of hydrogen-bond donors (Lipinski definition) is 0. The first-order valence-electron chi connectivity index (χ1n) is 10.8. The molecule has 0 aliphatic carbocycles. The van der Waals surface area contributed by atoms with Crippen molar-refractivity contribution < 1.29 is 23.7 Å². The molecule has 0 saturated carbocycles. The van der Waals surface area contributed by atoms with Gasteiger partial charge in [0.25, 0.3) is 0 Å². The van der Waals surface area contributed by atoms with E-state index in [1.807, 2.05) is 24.3 Å². The second kappa shape index (κ2) is 13.4. The van der Waals surface area contributed by atoms with Gasteiger partial charge >= 0.3 is 6.16 Å². The molecule has 0 N–H and O–H groups in total. The second-order valence-corrected chi connectivity index (χ2v) is 7.99. The number of halogens is 2. The van der Waals surface area contributed by atoms with Crippen LogP contribution in [0.1, 0.15) is 60.1 Å². The summed E-state index contributed by atoms with van der Waals surface area (Å²) in [6, 6.07) is 7.77. The maximum absolute atomic E-state index is 12.3. The van der Waals surface area contributed by atoms with Crippen LogP contribution in [0.2, 0.25) is 0 Å². The van der Waals surface area contributed by atoms with E-state index >= 15 is 0 Å². The Morgan fingerprint density at radius 2 is 1.09 bits per heavy atom. The SMILES string of the molecule is CCCc1cc(OC)c(COC(=O)OCc2cc(CCl)c(CCC)cc2OC)cc1CCl. The zero-order valence-corrected chi connectivity index (χ0v) is 20.8. The Bertz CT molecular complexity index is 827. The number of carbonyl (C=O) groups excluding carboxylic acids is 1. The van der Waals surface area contributed by atoms with E-state index < -0.39 is 6.16 Å². The number of hydrogen-bond acceptors (Lipinski definition) is 5. The third kappa shape index (κ3) is 6.94. The van der Waals surface area contributed by atoms with Gasteiger partial charge in [-0.25, -0.2) is 4.79 Å². The van der Waals surface area contributed by atoms with Crippen LogP contribution >= 0.6 is 23.2 Å². The molecule has 0 aromatic heterocycles. The summed E-state index contributed by atoms with van der Waals surface area (Å²) in [5, 5.41) is 0. The van der Waals surface area contributed by atoms with E-state index in [1.165, 1.54) is 0 Å². The van der Waals surface area contributed by atoms with Gasteiger partial charge in [-0.3, -0.25) is 0 Å². The molecule has 0 heterocycles. The van der Waals surface area contributed by atoms with Crippen LogP contribution in [0.4, 0.5) is 4.79 Å². The molecule has 2 aromatic carbocycles. The second-order valence-electron chi connectivity index (χ2n) is 7.46. The lowest BCUT2D eigenvalue weighted by molar-refractivity contribution is 0.0437. The van der Waals surface area contributed by atoms with Gasteiger partial charge in [-0.2, -0.15) is 0 Å². The van der Waals surface area contributed by atoms with Gasteiger partial charge in [0.2, 0.25) is 0 Å². The number of alkyl halides is 2. The zero-order chi connectivity index (χ0) is 23.5. The Morgan fingerprint density at radius 3 is 1.41 bits per heavy atom. The molecule has 0 unspecified atom stereocenters. The van der Waals surface area contributed by atoms with Crippen LogP contribution in [0.25, 0.3) is 0 Å². The summed E-state index contributed by atoms with van der Waals surface area (Å²) in [7, 11) is 3.19. The maximum atomic E-state index is 12.3. The first-order valence-corrected chi connectivity index (χ1v) is 11.9. The molecule has 0 radical (unpaired) electrons. The van der Waals surface area contributed by atoms with Crippen LogP contribution < -0.4 is 9.47 Å². The maximum Gasteiger partial charge on any atom is 0.508 e. The Balaban J connectivity index is 2.06. The Kier molecular flexibility index (Phi) is 11.0. The van der Waals surface area contributed by atoms with E-state index in [9.17, 15) is 4.79 Å². The van der Waals surface area contributed by atoms with Crippen molar-refractivity contribution in [3.63, 3.8) is 0 Å². The summed E-state index contributed by atoms with van der Waals surface area (Å²) in [5.41, 5.74) is 5.77. The third-order valence-electron chi connectivity index (χ3n) is 5.22. The lowest BCUT2D eigenvalue weighted by Crippen LogP contribution is -2.10. The largest absolute Gasteiger partial charge is 0.508 e. The molecule has 0 amide bonds. The van der Waals surface area contributed by atoms with Crippen molar-refractivity contribution in [2.24, 2.45) is 0 Å². The zero-order valence-electron chi connectivity index (χ0n) is 19.3. The first-order chi connectivity index (χ1) is 15.5. The van der Waals surface area contributed by atoms with Gasteiger partial charge < -0.3 is 18.9 Å². The highest BCUT2D eigenvalue weighted by molar-refractivity contribution is 6.17. The Labute approximate surface area is 200 Å². The minimum absolute atomic E-state index is 0.0256. The van der Waals surface area contributed by atoms with Crippen LogP contribution in [-0.2, 0) is 47.3 Å². The van der Waals surface area contributed by atoms with Crippen LogP contribution in [-0.4, -0.2) is 20.4 Å². The summed E-state index contributed by atoms with van der Waals surface area (Å²) in [6.45, 7) is 4.27. The quantitative estimate of drug-likeness (QED) is 0.242. The van der Waals surface area contributed by atoms with Gasteiger partial charge in [-0.15, -0.1) is 23.2 Å². The van der Waals surface area contributed by atoms with Gasteiger partial charge in [0, 0.05) is 22.9 Å². The monoisotopic (exact) mass is 482 g/mol. The highest BCUT2D eigenvalue weighted by atomic mass is 35.5. The van der Waals surface area contributed by atoms with Crippen molar-refractivity contribution in [1.29, 1.82) is 0 Å². The predicted octanol–water partition coefficient (Wildman–Crippen LogP) is 6.94. The van der Waals surface area contributed by atoms with Gasteiger partial charge in [0.15, 0.2) is 0 Å². The highest BCUT2D eigenvalue weighted by Gasteiger charge is 2.15. The van der Waals surface area contributed by atoms with Crippen molar-refractivity contribution >= 4 is 29.4 Å². The molecule has 0 bridgehead atoms. The average Bonchev–Trinajstić information content (AvgIpc) is 2.81. The summed E-state index contributed by atoms with van der Waals surface area (Å²) in [5.74, 6) is 2.09. The standard InChI is InChI=1S/C25H32Cl2O5/c1-5-7-17-11-23(29-3)21(9-19(17)13-26)15-31-25(28)32-16-22-10-20(14-27)18(8-6-2)12-24(22)30-4/h9-12H,5-8,13-16H2,1-4H3. The van der Waals surface area contributed by atoms with Crippen molar-refractivity contribution in [2.45, 2.75) is 64.5 Å². The summed E-state index contributed by atoms with van der Waals surface area (Å²) in [4.78, 5) is 12.3. The summed E-state index contributed by atoms with van der Waals surface area (Å²) < 4.78 is 21.6. The molecule has 2 rings (SSSR count). The van der Waals surface area contributed by atoms with Crippen molar-refractivity contribution in [1.82, 2.24) is 0 Å². The fourth-order valence-corrected chi connectivity index (χ4v) is 4.11. The van der Waals surface area contributed by atoms with Gasteiger partial charge in [0.1, 0.15) is 24.7 Å². The number of aryl methyl sites for hydroxylation is 2. The number of ether oxygens (including phenoxy) is 4. The molecule has 176 valence electrons. The molecule has 0 aliphatic heterocycles. The first kappa shape index (κ1) is 26.1. The van der Waals surface area contributed by atoms with Gasteiger partial charge in [-0.1, -0.05) is 26.7 Å². The molecule has 2 aromatic rings. The molecule has 0 spiro atoms. The third-order valence-corrected chi connectivity index (χ3v) is 5.80. The van der Waals surface area contributed by atoms with Crippen molar-refractivity contribution in [2.75, 3.05) is 14.2 Å². The van der Waals surface area contributed by atoms with E-state index in [0.717, 1.165) is 59.1 Å². The highest BCUT2D eigenvalue weighted by Crippen LogP contribution is 2.28. The molecule has 0 atom stereocenters. The lowest BCUT2D eigenvalue weighted by Gasteiger charge is -2.16. The van der Waals surface area contributed by atoms with E-state index in [1.54, 1.807) is 14.2 Å². The minimum Gasteiger partial charge on any atom is -0.496 e. The van der Waals surface area contributed by atoms with E-state index in [2.05, 4.69) is 13.8 Å². The molecule has 32 heavy (non-hydrogen) atoms. The molecule has 5 nitrogen and oxygen atoms in total. The van der Waals surface area contributed by atoms with Crippen LogP contribution in [0, 0.1) is 0 Å². The van der Waals surface area contributed by atoms with Crippen LogP contribution in [0.3, 0.4) is 0 Å². The fourth-order valence-electron chi connectivity index (χ4n) is 3.61.